The zero-order valence-corrected chi connectivity index (χ0v) is 12.0. The molecular weight excluding hydrogens is 254 g/mol. The molecule has 2 fully saturated rings. The molecule has 2 atom stereocenters. The summed E-state index contributed by atoms with van der Waals surface area (Å²) in [5, 5.41) is 0. The summed E-state index contributed by atoms with van der Waals surface area (Å²) in [5.41, 5.74) is 0. The summed E-state index contributed by atoms with van der Waals surface area (Å²) in [4.78, 5) is 22.1. The van der Waals surface area contributed by atoms with Crippen molar-refractivity contribution in [2.24, 2.45) is 5.92 Å². The molecule has 1 amide bonds. The molecule has 1 N–H and O–H groups in total. The lowest BCUT2D eigenvalue weighted by atomic mass is 9.91. The number of carbonyl (C=O) groups is 1. The molecule has 0 bridgehead atoms. The van der Waals surface area contributed by atoms with Gasteiger partial charge in [-0.25, -0.2) is 4.98 Å². The van der Waals surface area contributed by atoms with Crippen molar-refractivity contribution in [1.29, 1.82) is 0 Å². The van der Waals surface area contributed by atoms with E-state index in [4.69, 9.17) is 4.74 Å². The highest BCUT2D eigenvalue weighted by Crippen LogP contribution is 2.28. The minimum absolute atomic E-state index is 0.0592. The van der Waals surface area contributed by atoms with Gasteiger partial charge in [-0.3, -0.25) is 4.79 Å². The van der Waals surface area contributed by atoms with Crippen LogP contribution in [0.15, 0.2) is 12.4 Å². The Morgan fingerprint density at radius 3 is 2.85 bits per heavy atom. The molecule has 20 heavy (non-hydrogen) atoms. The Morgan fingerprint density at radius 2 is 2.20 bits per heavy atom. The standard InChI is InChI=1S/C15H23N3O2/c1-11-13(3-2-10-20-11)15(19)18-8-4-12(5-9-18)14-16-6-7-17-14/h6-7,11-13H,2-5,8-10H2,1H3,(H,16,17)/t11-,13+/m0/s1. The second kappa shape index (κ2) is 5.95. The predicted octanol–water partition coefficient (Wildman–Crippen LogP) is 1.93. The lowest BCUT2D eigenvalue weighted by Crippen LogP contribution is -2.46. The van der Waals surface area contributed by atoms with E-state index in [0.29, 0.717) is 5.92 Å². The first kappa shape index (κ1) is 13.6. The molecular formula is C15H23N3O2. The van der Waals surface area contributed by atoms with E-state index in [1.807, 2.05) is 18.0 Å². The van der Waals surface area contributed by atoms with Crippen LogP contribution in [0.2, 0.25) is 0 Å². The first-order valence-electron chi connectivity index (χ1n) is 7.65. The molecule has 3 rings (SSSR count). The van der Waals surface area contributed by atoms with Crippen LogP contribution in [0.3, 0.4) is 0 Å². The highest BCUT2D eigenvalue weighted by Gasteiger charge is 2.34. The van der Waals surface area contributed by atoms with E-state index < -0.39 is 0 Å². The number of piperidine rings is 1. The van der Waals surface area contributed by atoms with Crippen LogP contribution in [0.5, 0.6) is 0 Å². The first-order chi connectivity index (χ1) is 9.75. The van der Waals surface area contributed by atoms with Gasteiger partial charge in [0.1, 0.15) is 5.82 Å². The van der Waals surface area contributed by atoms with Crippen molar-refractivity contribution in [3.05, 3.63) is 18.2 Å². The van der Waals surface area contributed by atoms with Gasteiger partial charge < -0.3 is 14.6 Å². The third-order valence-corrected chi connectivity index (χ3v) is 4.64. The number of hydrogen-bond acceptors (Lipinski definition) is 3. The largest absolute Gasteiger partial charge is 0.378 e. The lowest BCUT2D eigenvalue weighted by Gasteiger charge is -2.36. The topological polar surface area (TPSA) is 58.2 Å². The number of aromatic amines is 1. The molecule has 0 saturated carbocycles. The quantitative estimate of drug-likeness (QED) is 0.898. The molecule has 2 aliphatic heterocycles. The highest BCUT2D eigenvalue weighted by atomic mass is 16.5. The Labute approximate surface area is 119 Å². The number of amides is 1. The molecule has 5 nitrogen and oxygen atoms in total. The summed E-state index contributed by atoms with van der Waals surface area (Å²) in [7, 11) is 0. The molecule has 2 saturated heterocycles. The fraction of sp³-hybridized carbons (Fsp3) is 0.733. The Hall–Kier alpha value is -1.36. The average Bonchev–Trinajstić information content (AvgIpc) is 3.01. The van der Waals surface area contributed by atoms with Crippen molar-refractivity contribution >= 4 is 5.91 Å². The van der Waals surface area contributed by atoms with Crippen LogP contribution in [0.25, 0.3) is 0 Å². The lowest BCUT2D eigenvalue weighted by molar-refractivity contribution is -0.145. The van der Waals surface area contributed by atoms with Gasteiger partial charge in [-0.15, -0.1) is 0 Å². The number of likely N-dealkylation sites (tertiary alicyclic amines) is 1. The fourth-order valence-electron chi connectivity index (χ4n) is 3.36. The SMILES string of the molecule is C[C@@H]1OCCC[C@H]1C(=O)N1CCC(c2ncc[nH]2)CC1. The number of nitrogens with one attached hydrogen (secondary N) is 1. The minimum Gasteiger partial charge on any atom is -0.378 e. The van der Waals surface area contributed by atoms with E-state index >= 15 is 0 Å². The molecule has 0 aliphatic carbocycles. The molecule has 2 aliphatic rings. The van der Waals surface area contributed by atoms with E-state index in [1.54, 1.807) is 6.20 Å². The summed E-state index contributed by atoms with van der Waals surface area (Å²) in [5.74, 6) is 1.87. The van der Waals surface area contributed by atoms with Gasteiger partial charge in [0.15, 0.2) is 0 Å². The summed E-state index contributed by atoms with van der Waals surface area (Å²) in [6.07, 6.45) is 7.71. The number of imidazole rings is 1. The van der Waals surface area contributed by atoms with Gasteiger partial charge in [-0.2, -0.15) is 0 Å². The number of rotatable bonds is 2. The highest BCUT2D eigenvalue weighted by molar-refractivity contribution is 5.79. The van der Waals surface area contributed by atoms with Gasteiger partial charge in [0.2, 0.25) is 5.91 Å². The third kappa shape index (κ3) is 2.73. The smallest absolute Gasteiger partial charge is 0.228 e. The maximum absolute atomic E-state index is 12.6. The van der Waals surface area contributed by atoms with Crippen LogP contribution in [0.1, 0.15) is 44.3 Å². The van der Waals surface area contributed by atoms with Crippen LogP contribution < -0.4 is 0 Å². The van der Waals surface area contributed by atoms with Crippen molar-refractivity contribution in [2.75, 3.05) is 19.7 Å². The Bertz CT molecular complexity index is 438. The summed E-state index contributed by atoms with van der Waals surface area (Å²) < 4.78 is 5.62. The van der Waals surface area contributed by atoms with E-state index in [1.165, 1.54) is 0 Å². The number of carbonyl (C=O) groups excluding carboxylic acids is 1. The van der Waals surface area contributed by atoms with E-state index in [-0.39, 0.29) is 17.9 Å². The number of aromatic nitrogens is 2. The second-order valence-electron chi connectivity index (χ2n) is 5.90. The summed E-state index contributed by atoms with van der Waals surface area (Å²) in [6.45, 7) is 4.50. The maximum Gasteiger partial charge on any atom is 0.228 e. The van der Waals surface area contributed by atoms with Gasteiger partial charge in [-0.05, 0) is 32.6 Å². The molecule has 1 aromatic heterocycles. The predicted molar refractivity (Wildman–Crippen MR) is 75.3 cm³/mol. The molecule has 0 radical (unpaired) electrons. The molecule has 110 valence electrons. The zero-order valence-electron chi connectivity index (χ0n) is 12.0. The Balaban J connectivity index is 1.56. The van der Waals surface area contributed by atoms with Crippen molar-refractivity contribution in [1.82, 2.24) is 14.9 Å². The summed E-state index contributed by atoms with van der Waals surface area (Å²) in [6, 6.07) is 0. The first-order valence-corrected chi connectivity index (χ1v) is 7.65. The summed E-state index contributed by atoms with van der Waals surface area (Å²) >= 11 is 0. The van der Waals surface area contributed by atoms with Gasteiger partial charge in [0.25, 0.3) is 0 Å². The average molecular weight is 277 g/mol. The van der Waals surface area contributed by atoms with Gasteiger partial charge in [-0.1, -0.05) is 0 Å². The molecule has 3 heterocycles. The molecule has 0 unspecified atom stereocenters. The Kier molecular flexibility index (Phi) is 4.05. The van der Waals surface area contributed by atoms with Crippen molar-refractivity contribution in [3.63, 3.8) is 0 Å². The van der Waals surface area contributed by atoms with Crippen LogP contribution in [-0.4, -0.2) is 46.6 Å². The monoisotopic (exact) mass is 277 g/mol. The van der Waals surface area contributed by atoms with E-state index in [9.17, 15) is 4.79 Å². The number of ether oxygens (including phenoxy) is 1. The van der Waals surface area contributed by atoms with Crippen LogP contribution >= 0.6 is 0 Å². The van der Waals surface area contributed by atoms with Crippen molar-refractivity contribution in [2.45, 2.75) is 44.6 Å². The fourth-order valence-corrected chi connectivity index (χ4v) is 3.36. The van der Waals surface area contributed by atoms with Gasteiger partial charge in [0, 0.05) is 38.0 Å². The minimum atomic E-state index is 0.0592. The molecule has 1 aromatic rings. The van der Waals surface area contributed by atoms with Gasteiger partial charge in [0.05, 0.1) is 12.0 Å². The number of nitrogens with zero attached hydrogens (tertiary/aromatic N) is 2. The number of hydrogen-bond donors (Lipinski definition) is 1. The van der Waals surface area contributed by atoms with Crippen LogP contribution in [-0.2, 0) is 9.53 Å². The van der Waals surface area contributed by atoms with E-state index in [0.717, 1.165) is 51.2 Å². The number of H-pyrrole nitrogens is 1. The van der Waals surface area contributed by atoms with Crippen LogP contribution in [0.4, 0.5) is 0 Å². The van der Waals surface area contributed by atoms with Gasteiger partial charge >= 0.3 is 0 Å². The zero-order chi connectivity index (χ0) is 13.9. The molecule has 0 aromatic carbocycles. The van der Waals surface area contributed by atoms with Crippen LogP contribution in [0, 0.1) is 5.92 Å². The van der Waals surface area contributed by atoms with E-state index in [2.05, 4.69) is 9.97 Å². The van der Waals surface area contributed by atoms with Crippen molar-refractivity contribution in [3.8, 4) is 0 Å². The second-order valence-corrected chi connectivity index (χ2v) is 5.90. The Morgan fingerprint density at radius 1 is 1.40 bits per heavy atom. The molecule has 5 heteroatoms. The third-order valence-electron chi connectivity index (χ3n) is 4.64. The normalized spacial score (nSPS) is 28.6. The van der Waals surface area contributed by atoms with Crippen molar-refractivity contribution < 1.29 is 9.53 Å². The molecule has 0 spiro atoms. The maximum atomic E-state index is 12.6.